The standard InChI is InChI=1S/C31H36FN5O6/c1-19-16-37(20(2)18-38)29(39)26-15-24(34-30(40)33-22-9-12-25(42-4)13-10-22)11-14-27(26)43-28(19)17-36(3)31(41)35-23-7-5-21(32)6-8-23/h5-15,19-20,28,38H,16-18H2,1-4H3,(H,35,41)(H2,33,34,40)/t19-,20+,28-/m0/s1. The van der Waals surface area contributed by atoms with Crippen molar-refractivity contribution < 1.29 is 33.4 Å². The summed E-state index contributed by atoms with van der Waals surface area (Å²) in [7, 11) is 3.17. The van der Waals surface area contributed by atoms with Gasteiger partial charge in [0, 0.05) is 36.6 Å². The van der Waals surface area contributed by atoms with Crippen molar-refractivity contribution in [2.45, 2.75) is 26.0 Å². The number of rotatable bonds is 8. The summed E-state index contributed by atoms with van der Waals surface area (Å²) in [6.07, 6.45) is -0.526. The number of urea groups is 2. The summed E-state index contributed by atoms with van der Waals surface area (Å²) in [6, 6.07) is 15.6. The lowest BCUT2D eigenvalue weighted by molar-refractivity contribution is 0.0371. The highest BCUT2D eigenvalue weighted by molar-refractivity contribution is 6.02. The first-order chi connectivity index (χ1) is 20.6. The van der Waals surface area contributed by atoms with E-state index in [2.05, 4.69) is 16.0 Å². The summed E-state index contributed by atoms with van der Waals surface area (Å²) in [5.74, 6) is -0.0526. The summed E-state index contributed by atoms with van der Waals surface area (Å²) < 4.78 is 24.7. The molecule has 4 N–H and O–H groups in total. The normalized spacial score (nSPS) is 17.0. The molecule has 3 aromatic rings. The van der Waals surface area contributed by atoms with Gasteiger partial charge in [0.15, 0.2) is 0 Å². The molecular weight excluding hydrogens is 557 g/mol. The summed E-state index contributed by atoms with van der Waals surface area (Å²) in [4.78, 5) is 42.3. The Hall–Kier alpha value is -4.84. The third kappa shape index (κ3) is 7.92. The number of carbonyl (C=O) groups excluding carboxylic acids is 3. The second-order valence-electron chi connectivity index (χ2n) is 10.5. The zero-order chi connectivity index (χ0) is 31.1. The molecule has 0 bridgehead atoms. The van der Waals surface area contributed by atoms with Gasteiger partial charge in [-0.1, -0.05) is 6.92 Å². The second-order valence-corrected chi connectivity index (χ2v) is 10.5. The minimum Gasteiger partial charge on any atom is -0.497 e. The Kier molecular flexibility index (Phi) is 10.0. The molecule has 0 fully saturated rings. The van der Waals surface area contributed by atoms with Crippen LogP contribution in [0.1, 0.15) is 24.2 Å². The van der Waals surface area contributed by atoms with E-state index in [1.165, 1.54) is 35.2 Å². The lowest BCUT2D eigenvalue weighted by Gasteiger charge is -2.38. The first-order valence-corrected chi connectivity index (χ1v) is 13.8. The van der Waals surface area contributed by atoms with E-state index in [-0.39, 0.29) is 42.8 Å². The molecule has 1 aliphatic heterocycles. The van der Waals surface area contributed by atoms with Gasteiger partial charge < -0.3 is 40.3 Å². The van der Waals surface area contributed by atoms with E-state index >= 15 is 0 Å². The molecule has 0 unspecified atom stereocenters. The van der Waals surface area contributed by atoms with Crippen molar-refractivity contribution in [1.29, 1.82) is 0 Å². The molecule has 0 radical (unpaired) electrons. The van der Waals surface area contributed by atoms with E-state index in [1.807, 2.05) is 6.92 Å². The van der Waals surface area contributed by atoms with Crippen molar-refractivity contribution in [3.63, 3.8) is 0 Å². The smallest absolute Gasteiger partial charge is 0.323 e. The molecule has 12 heteroatoms. The van der Waals surface area contributed by atoms with Crippen molar-refractivity contribution in [1.82, 2.24) is 9.80 Å². The molecule has 1 aliphatic rings. The molecular formula is C31H36FN5O6. The average Bonchev–Trinajstić information content (AvgIpc) is 3.00. The Balaban J connectivity index is 1.53. The maximum Gasteiger partial charge on any atom is 0.323 e. The van der Waals surface area contributed by atoms with Crippen molar-refractivity contribution in [2.75, 3.05) is 49.8 Å². The highest BCUT2D eigenvalue weighted by Crippen LogP contribution is 2.31. The van der Waals surface area contributed by atoms with Gasteiger partial charge in [-0.2, -0.15) is 0 Å². The summed E-state index contributed by atoms with van der Waals surface area (Å²) in [6.45, 7) is 3.84. The molecule has 4 rings (SSSR count). The fourth-order valence-electron chi connectivity index (χ4n) is 4.59. The topological polar surface area (TPSA) is 132 Å². The monoisotopic (exact) mass is 593 g/mol. The second kappa shape index (κ2) is 13.9. The van der Waals surface area contributed by atoms with E-state index in [0.29, 0.717) is 22.8 Å². The van der Waals surface area contributed by atoms with Gasteiger partial charge in [-0.25, -0.2) is 14.0 Å². The first-order valence-electron chi connectivity index (χ1n) is 13.8. The predicted molar refractivity (Wildman–Crippen MR) is 161 cm³/mol. The number of benzene rings is 3. The first kappa shape index (κ1) is 31.1. The Morgan fingerprint density at radius 1 is 1.05 bits per heavy atom. The van der Waals surface area contributed by atoms with Crippen molar-refractivity contribution in [2.24, 2.45) is 5.92 Å². The zero-order valence-electron chi connectivity index (χ0n) is 24.5. The largest absolute Gasteiger partial charge is 0.497 e. The number of halogens is 1. The molecule has 0 spiro atoms. The van der Waals surface area contributed by atoms with Gasteiger partial charge >= 0.3 is 12.1 Å². The fraction of sp³-hybridized carbons (Fsp3) is 0.323. The van der Waals surface area contributed by atoms with Crippen LogP contribution in [0.4, 0.5) is 31.0 Å². The predicted octanol–water partition coefficient (Wildman–Crippen LogP) is 4.86. The zero-order valence-corrected chi connectivity index (χ0v) is 24.5. The Morgan fingerprint density at radius 3 is 2.30 bits per heavy atom. The Labute approximate surface area is 249 Å². The summed E-state index contributed by atoms with van der Waals surface area (Å²) in [5, 5.41) is 18.1. The minimum atomic E-state index is -0.526. The maximum absolute atomic E-state index is 13.7. The van der Waals surface area contributed by atoms with Crippen LogP contribution in [0.5, 0.6) is 11.5 Å². The van der Waals surface area contributed by atoms with Crippen molar-refractivity contribution in [3.8, 4) is 11.5 Å². The number of nitrogens with zero attached hydrogens (tertiary/aromatic N) is 2. The molecule has 0 aliphatic carbocycles. The van der Waals surface area contributed by atoms with Crippen LogP contribution in [-0.2, 0) is 0 Å². The molecule has 5 amide bonds. The third-order valence-corrected chi connectivity index (χ3v) is 7.17. The van der Waals surface area contributed by atoms with Gasteiger partial charge in [-0.05, 0) is 73.7 Å². The number of anilines is 3. The molecule has 43 heavy (non-hydrogen) atoms. The maximum atomic E-state index is 13.7. The lowest BCUT2D eigenvalue weighted by Crippen LogP contribution is -2.50. The fourth-order valence-corrected chi connectivity index (χ4v) is 4.59. The van der Waals surface area contributed by atoms with Gasteiger partial charge in [0.25, 0.3) is 5.91 Å². The third-order valence-electron chi connectivity index (χ3n) is 7.17. The average molecular weight is 594 g/mol. The minimum absolute atomic E-state index is 0.174. The number of aliphatic hydroxyl groups is 1. The van der Waals surface area contributed by atoms with E-state index in [0.717, 1.165) is 0 Å². The van der Waals surface area contributed by atoms with Gasteiger partial charge in [0.1, 0.15) is 23.4 Å². The number of carbonyl (C=O) groups is 3. The molecule has 1 heterocycles. The Bertz CT molecular complexity index is 1440. The van der Waals surface area contributed by atoms with Crippen molar-refractivity contribution >= 4 is 35.0 Å². The van der Waals surface area contributed by atoms with Crippen molar-refractivity contribution in [3.05, 3.63) is 78.1 Å². The van der Waals surface area contributed by atoms with E-state index in [9.17, 15) is 23.9 Å². The van der Waals surface area contributed by atoms with E-state index in [1.54, 1.807) is 62.4 Å². The summed E-state index contributed by atoms with van der Waals surface area (Å²) >= 11 is 0. The SMILES string of the molecule is COc1ccc(NC(=O)Nc2ccc3c(c2)C(=O)N([C@H](C)CO)C[C@H](C)[C@H](CN(C)C(=O)Nc2ccc(F)cc2)O3)cc1. The molecule has 0 saturated carbocycles. The number of hydrogen-bond donors (Lipinski definition) is 4. The number of methoxy groups -OCH3 is 1. The number of likely N-dealkylation sites (N-methyl/N-ethyl adjacent to an activating group) is 1. The molecule has 0 aromatic heterocycles. The van der Waals surface area contributed by atoms with Gasteiger partial charge in [0.05, 0.1) is 31.9 Å². The van der Waals surface area contributed by atoms with Crippen LogP contribution in [0.3, 0.4) is 0 Å². The number of aliphatic hydroxyl groups excluding tert-OH is 1. The highest BCUT2D eigenvalue weighted by atomic mass is 19.1. The number of nitrogens with one attached hydrogen (secondary N) is 3. The van der Waals surface area contributed by atoms with Crippen LogP contribution in [0, 0.1) is 11.7 Å². The number of hydrogen-bond acceptors (Lipinski definition) is 6. The van der Waals surface area contributed by atoms with E-state index in [4.69, 9.17) is 9.47 Å². The lowest BCUT2D eigenvalue weighted by atomic mass is 9.99. The van der Waals surface area contributed by atoms with Crippen LogP contribution in [0.25, 0.3) is 0 Å². The molecule has 3 aromatic carbocycles. The van der Waals surface area contributed by atoms with Crippen LogP contribution >= 0.6 is 0 Å². The quantitative estimate of drug-likeness (QED) is 0.295. The Morgan fingerprint density at radius 2 is 1.65 bits per heavy atom. The molecule has 0 saturated heterocycles. The van der Waals surface area contributed by atoms with Crippen LogP contribution in [-0.4, -0.2) is 78.9 Å². The molecule has 11 nitrogen and oxygen atoms in total. The van der Waals surface area contributed by atoms with E-state index < -0.39 is 30.0 Å². The van der Waals surface area contributed by atoms with Gasteiger partial charge in [-0.3, -0.25) is 4.79 Å². The van der Waals surface area contributed by atoms with Crippen LogP contribution < -0.4 is 25.4 Å². The van der Waals surface area contributed by atoms with Crippen LogP contribution in [0.2, 0.25) is 0 Å². The number of fused-ring (bicyclic) bond motifs is 1. The van der Waals surface area contributed by atoms with Gasteiger partial charge in [-0.15, -0.1) is 0 Å². The van der Waals surface area contributed by atoms with Gasteiger partial charge in [0.2, 0.25) is 0 Å². The summed E-state index contributed by atoms with van der Waals surface area (Å²) in [5.41, 5.74) is 1.56. The van der Waals surface area contributed by atoms with Crippen LogP contribution in [0.15, 0.2) is 66.7 Å². The molecule has 228 valence electrons. The highest BCUT2D eigenvalue weighted by Gasteiger charge is 2.34. The molecule has 3 atom stereocenters. The number of amides is 5. The number of ether oxygens (including phenoxy) is 2.